The Morgan fingerprint density at radius 2 is 1.91 bits per heavy atom. The quantitative estimate of drug-likeness (QED) is 0.382. The van der Waals surface area contributed by atoms with Crippen molar-refractivity contribution in [3.05, 3.63) is 0 Å². The molecule has 1 heterocycles. The summed E-state index contributed by atoms with van der Waals surface area (Å²) in [6, 6.07) is 0.554. The molecule has 0 aromatic carbocycles. The standard InChI is InChI=1S/C16H34N4OS/c1-5-14(6-2)15(20-8-10-21-11-9-20)13-19-16(17-3)18-7-12-22-4/h14-15H,5-13H2,1-4H3,(H2,17,18,19). The molecule has 0 radical (unpaired) electrons. The maximum atomic E-state index is 5.51. The molecule has 0 bridgehead atoms. The number of nitrogens with one attached hydrogen (secondary N) is 2. The van der Waals surface area contributed by atoms with Gasteiger partial charge in [-0.3, -0.25) is 9.89 Å². The molecule has 130 valence electrons. The molecule has 5 nitrogen and oxygen atoms in total. The van der Waals surface area contributed by atoms with Gasteiger partial charge in [-0.2, -0.15) is 11.8 Å². The number of thioether (sulfide) groups is 1. The van der Waals surface area contributed by atoms with Crippen molar-refractivity contribution in [3.63, 3.8) is 0 Å². The van der Waals surface area contributed by atoms with Gasteiger partial charge in [0.25, 0.3) is 0 Å². The Kier molecular flexibility index (Phi) is 10.7. The van der Waals surface area contributed by atoms with E-state index in [0.29, 0.717) is 6.04 Å². The molecule has 0 aliphatic carbocycles. The van der Waals surface area contributed by atoms with Gasteiger partial charge in [0.2, 0.25) is 0 Å². The highest BCUT2D eigenvalue weighted by atomic mass is 32.2. The van der Waals surface area contributed by atoms with Crippen molar-refractivity contribution < 1.29 is 4.74 Å². The third-order valence-corrected chi connectivity index (χ3v) is 5.02. The minimum atomic E-state index is 0.554. The smallest absolute Gasteiger partial charge is 0.191 e. The second-order valence-corrected chi connectivity index (χ2v) is 6.65. The van der Waals surface area contributed by atoms with Crippen LogP contribution in [0.25, 0.3) is 0 Å². The van der Waals surface area contributed by atoms with Gasteiger partial charge in [0.05, 0.1) is 13.2 Å². The van der Waals surface area contributed by atoms with E-state index < -0.39 is 0 Å². The van der Waals surface area contributed by atoms with Crippen LogP contribution in [0.3, 0.4) is 0 Å². The lowest BCUT2D eigenvalue weighted by atomic mass is 9.92. The molecule has 0 aromatic heterocycles. The minimum Gasteiger partial charge on any atom is -0.379 e. The first-order valence-corrected chi connectivity index (χ1v) is 9.91. The van der Waals surface area contributed by atoms with E-state index in [4.69, 9.17) is 4.74 Å². The number of hydrogen-bond acceptors (Lipinski definition) is 4. The summed E-state index contributed by atoms with van der Waals surface area (Å²) >= 11 is 1.85. The zero-order valence-corrected chi connectivity index (χ0v) is 15.5. The average Bonchev–Trinajstić information content (AvgIpc) is 2.57. The van der Waals surface area contributed by atoms with Crippen LogP contribution in [0.1, 0.15) is 26.7 Å². The van der Waals surface area contributed by atoms with E-state index in [0.717, 1.165) is 57.0 Å². The van der Waals surface area contributed by atoms with Gasteiger partial charge in [-0.1, -0.05) is 26.7 Å². The van der Waals surface area contributed by atoms with Crippen LogP contribution in [-0.2, 0) is 4.74 Å². The predicted molar refractivity (Wildman–Crippen MR) is 98.0 cm³/mol. The van der Waals surface area contributed by atoms with Crippen molar-refractivity contribution in [2.45, 2.75) is 32.7 Å². The molecule has 1 unspecified atom stereocenters. The monoisotopic (exact) mass is 330 g/mol. The van der Waals surface area contributed by atoms with Crippen LogP contribution in [0.15, 0.2) is 4.99 Å². The largest absolute Gasteiger partial charge is 0.379 e. The summed E-state index contributed by atoms with van der Waals surface area (Å²) in [4.78, 5) is 6.92. The topological polar surface area (TPSA) is 48.9 Å². The van der Waals surface area contributed by atoms with Crippen LogP contribution in [0.2, 0.25) is 0 Å². The van der Waals surface area contributed by atoms with Gasteiger partial charge in [0.15, 0.2) is 5.96 Å². The van der Waals surface area contributed by atoms with E-state index >= 15 is 0 Å². The molecule has 0 amide bonds. The Morgan fingerprint density at radius 1 is 1.23 bits per heavy atom. The average molecular weight is 331 g/mol. The van der Waals surface area contributed by atoms with E-state index in [9.17, 15) is 0 Å². The van der Waals surface area contributed by atoms with Gasteiger partial charge in [0.1, 0.15) is 0 Å². The Balaban J connectivity index is 2.55. The summed E-state index contributed by atoms with van der Waals surface area (Å²) in [7, 11) is 1.84. The maximum absolute atomic E-state index is 5.51. The van der Waals surface area contributed by atoms with Gasteiger partial charge in [-0.15, -0.1) is 0 Å². The third-order valence-electron chi connectivity index (χ3n) is 4.41. The molecule has 1 atom stereocenters. The zero-order chi connectivity index (χ0) is 16.2. The van der Waals surface area contributed by atoms with E-state index in [1.807, 2.05) is 18.8 Å². The van der Waals surface area contributed by atoms with E-state index in [1.54, 1.807) is 0 Å². The molecule has 0 spiro atoms. The third kappa shape index (κ3) is 6.75. The van der Waals surface area contributed by atoms with Crippen LogP contribution in [-0.4, -0.2) is 75.4 Å². The second kappa shape index (κ2) is 12.0. The Labute approximate surface area is 140 Å². The first kappa shape index (κ1) is 19.6. The van der Waals surface area contributed by atoms with Crippen molar-refractivity contribution in [2.75, 3.05) is 58.4 Å². The fourth-order valence-corrected chi connectivity index (χ4v) is 3.34. The number of aliphatic imine (C=N–C) groups is 1. The Bertz CT molecular complexity index is 305. The normalized spacial score (nSPS) is 18.5. The molecule has 1 fully saturated rings. The van der Waals surface area contributed by atoms with E-state index in [1.165, 1.54) is 12.8 Å². The van der Waals surface area contributed by atoms with Crippen LogP contribution in [0.4, 0.5) is 0 Å². The van der Waals surface area contributed by atoms with Crippen LogP contribution >= 0.6 is 11.8 Å². The number of morpholine rings is 1. The number of guanidine groups is 1. The van der Waals surface area contributed by atoms with Crippen LogP contribution in [0, 0.1) is 5.92 Å². The predicted octanol–water partition coefficient (Wildman–Crippen LogP) is 1.65. The van der Waals surface area contributed by atoms with Gasteiger partial charge >= 0.3 is 0 Å². The summed E-state index contributed by atoms with van der Waals surface area (Å²) in [5.41, 5.74) is 0. The number of ether oxygens (including phenoxy) is 1. The molecule has 0 saturated carbocycles. The molecule has 0 aromatic rings. The first-order valence-electron chi connectivity index (χ1n) is 8.52. The Morgan fingerprint density at radius 3 is 2.45 bits per heavy atom. The summed E-state index contributed by atoms with van der Waals surface area (Å²) in [6.45, 7) is 10.3. The summed E-state index contributed by atoms with van der Waals surface area (Å²) in [6.07, 6.45) is 4.57. The fourth-order valence-electron chi connectivity index (χ4n) is 3.03. The molecule has 1 aliphatic rings. The van der Waals surface area contributed by atoms with Crippen molar-refractivity contribution in [1.29, 1.82) is 0 Å². The van der Waals surface area contributed by atoms with Crippen LogP contribution in [0.5, 0.6) is 0 Å². The molecule has 1 rings (SSSR count). The summed E-state index contributed by atoms with van der Waals surface area (Å²) in [5.74, 6) is 2.73. The van der Waals surface area contributed by atoms with E-state index in [-0.39, 0.29) is 0 Å². The number of nitrogens with zero attached hydrogens (tertiary/aromatic N) is 2. The SMILES string of the molecule is CCC(CC)C(CNC(=NC)NCCSC)N1CCOCC1. The lowest BCUT2D eigenvalue weighted by Gasteiger charge is -2.39. The van der Waals surface area contributed by atoms with Crippen molar-refractivity contribution in [1.82, 2.24) is 15.5 Å². The first-order chi connectivity index (χ1) is 10.8. The van der Waals surface area contributed by atoms with Gasteiger partial charge in [-0.25, -0.2) is 0 Å². The van der Waals surface area contributed by atoms with Gasteiger partial charge in [0, 0.05) is 45.0 Å². The zero-order valence-electron chi connectivity index (χ0n) is 14.7. The number of rotatable bonds is 9. The molecular formula is C16H34N4OS. The highest BCUT2D eigenvalue weighted by molar-refractivity contribution is 7.98. The Hall–Kier alpha value is -0.460. The summed E-state index contributed by atoms with van der Waals surface area (Å²) in [5, 5.41) is 6.90. The highest BCUT2D eigenvalue weighted by Crippen LogP contribution is 2.19. The second-order valence-electron chi connectivity index (χ2n) is 5.66. The molecule has 1 saturated heterocycles. The lowest BCUT2D eigenvalue weighted by Crippen LogP contribution is -2.53. The van der Waals surface area contributed by atoms with Crippen molar-refractivity contribution in [2.24, 2.45) is 10.9 Å². The molecule has 6 heteroatoms. The fraction of sp³-hybridized carbons (Fsp3) is 0.938. The minimum absolute atomic E-state index is 0.554. The van der Waals surface area contributed by atoms with Crippen molar-refractivity contribution in [3.8, 4) is 0 Å². The molecule has 2 N–H and O–H groups in total. The molecule has 22 heavy (non-hydrogen) atoms. The maximum Gasteiger partial charge on any atom is 0.191 e. The number of hydrogen-bond donors (Lipinski definition) is 2. The molecular weight excluding hydrogens is 296 g/mol. The lowest BCUT2D eigenvalue weighted by molar-refractivity contribution is 0.00272. The summed E-state index contributed by atoms with van der Waals surface area (Å²) < 4.78 is 5.51. The van der Waals surface area contributed by atoms with Crippen LogP contribution < -0.4 is 10.6 Å². The van der Waals surface area contributed by atoms with E-state index in [2.05, 4.69) is 40.6 Å². The van der Waals surface area contributed by atoms with Gasteiger partial charge < -0.3 is 15.4 Å². The van der Waals surface area contributed by atoms with Crippen molar-refractivity contribution >= 4 is 17.7 Å². The highest BCUT2D eigenvalue weighted by Gasteiger charge is 2.26. The molecule has 1 aliphatic heterocycles. The van der Waals surface area contributed by atoms with Gasteiger partial charge in [-0.05, 0) is 12.2 Å².